The maximum atomic E-state index is 13.3. The molecule has 1 aromatic carbocycles. The molecule has 1 N–H and O–H groups in total. The number of hydrogen-bond acceptors (Lipinski definition) is 2. The third-order valence-electron chi connectivity index (χ3n) is 1.60. The van der Waals surface area contributed by atoms with Gasteiger partial charge in [-0.3, -0.25) is 0 Å². The Morgan fingerprint density at radius 3 is 2.85 bits per heavy atom. The highest BCUT2D eigenvalue weighted by Gasteiger charge is 2.07. The molecule has 3 nitrogen and oxygen atoms in total. The summed E-state index contributed by atoms with van der Waals surface area (Å²) in [7, 11) is 0. The standard InChI is InChI=1S/C8H5BrFN3/c9-5-1-2-6(7(10)3-5)8-11-4-12-13-8/h1-4H,(H,11,12,13). The van der Waals surface area contributed by atoms with E-state index in [0.29, 0.717) is 15.9 Å². The summed E-state index contributed by atoms with van der Waals surface area (Å²) in [5.74, 6) is 0.108. The zero-order chi connectivity index (χ0) is 9.26. The van der Waals surface area contributed by atoms with Gasteiger partial charge in [-0.2, -0.15) is 0 Å². The minimum Gasteiger partial charge on any atom is -0.327 e. The molecule has 0 aliphatic heterocycles. The van der Waals surface area contributed by atoms with Crippen molar-refractivity contribution in [3.05, 3.63) is 34.8 Å². The predicted octanol–water partition coefficient (Wildman–Crippen LogP) is 2.37. The average molecular weight is 242 g/mol. The first-order valence-corrected chi connectivity index (χ1v) is 4.38. The van der Waals surface area contributed by atoms with E-state index in [1.54, 1.807) is 12.1 Å². The van der Waals surface area contributed by atoms with Crippen LogP contribution in [0.25, 0.3) is 11.4 Å². The third kappa shape index (κ3) is 1.60. The van der Waals surface area contributed by atoms with Gasteiger partial charge in [-0.1, -0.05) is 15.9 Å². The number of hydrogen-bond donors (Lipinski definition) is 1. The van der Waals surface area contributed by atoms with Crippen LogP contribution in [0.5, 0.6) is 0 Å². The van der Waals surface area contributed by atoms with Crippen molar-refractivity contribution >= 4 is 15.9 Å². The topological polar surface area (TPSA) is 41.6 Å². The Hall–Kier alpha value is -1.23. The first-order chi connectivity index (χ1) is 6.27. The van der Waals surface area contributed by atoms with Crippen molar-refractivity contribution in [2.45, 2.75) is 0 Å². The second kappa shape index (κ2) is 3.26. The second-order valence-electron chi connectivity index (χ2n) is 2.46. The lowest BCUT2D eigenvalue weighted by Gasteiger charge is -1.98. The van der Waals surface area contributed by atoms with E-state index in [0.717, 1.165) is 0 Å². The number of rotatable bonds is 1. The van der Waals surface area contributed by atoms with Crippen LogP contribution in [0.15, 0.2) is 29.0 Å². The molecule has 0 unspecified atom stereocenters. The molecular weight excluding hydrogens is 237 g/mol. The lowest BCUT2D eigenvalue weighted by Crippen LogP contribution is -1.86. The molecule has 1 heterocycles. The molecule has 0 aliphatic carbocycles. The number of aromatic amines is 1. The normalized spacial score (nSPS) is 10.3. The molecule has 0 bridgehead atoms. The van der Waals surface area contributed by atoms with E-state index < -0.39 is 0 Å². The molecule has 0 spiro atoms. The lowest BCUT2D eigenvalue weighted by atomic mass is 10.2. The van der Waals surface area contributed by atoms with E-state index >= 15 is 0 Å². The van der Waals surface area contributed by atoms with Crippen LogP contribution < -0.4 is 0 Å². The fourth-order valence-electron chi connectivity index (χ4n) is 1.02. The van der Waals surface area contributed by atoms with Crippen LogP contribution in [-0.4, -0.2) is 15.2 Å². The monoisotopic (exact) mass is 241 g/mol. The molecule has 66 valence electrons. The highest BCUT2D eigenvalue weighted by Crippen LogP contribution is 2.21. The first kappa shape index (κ1) is 8.37. The van der Waals surface area contributed by atoms with Crippen LogP contribution in [-0.2, 0) is 0 Å². The Labute approximate surface area is 82.1 Å². The quantitative estimate of drug-likeness (QED) is 0.833. The molecule has 2 aromatic rings. The van der Waals surface area contributed by atoms with Crippen molar-refractivity contribution in [2.24, 2.45) is 0 Å². The Morgan fingerprint density at radius 2 is 2.23 bits per heavy atom. The highest BCUT2D eigenvalue weighted by molar-refractivity contribution is 9.10. The highest BCUT2D eigenvalue weighted by atomic mass is 79.9. The molecular formula is C8H5BrFN3. The van der Waals surface area contributed by atoms with Crippen molar-refractivity contribution in [1.82, 2.24) is 15.2 Å². The predicted molar refractivity (Wildman–Crippen MR) is 49.5 cm³/mol. The van der Waals surface area contributed by atoms with Gasteiger partial charge in [-0.25, -0.2) is 4.39 Å². The number of H-pyrrole nitrogens is 1. The van der Waals surface area contributed by atoms with E-state index in [1.807, 2.05) is 0 Å². The van der Waals surface area contributed by atoms with Gasteiger partial charge in [0.05, 0.1) is 5.56 Å². The molecule has 1 aromatic heterocycles. The molecule has 0 atom stereocenters. The molecule has 0 fully saturated rings. The number of aromatic nitrogens is 3. The molecule has 0 radical (unpaired) electrons. The Morgan fingerprint density at radius 1 is 1.38 bits per heavy atom. The van der Waals surface area contributed by atoms with E-state index in [4.69, 9.17) is 0 Å². The molecule has 0 amide bonds. The maximum Gasteiger partial charge on any atom is 0.164 e. The third-order valence-corrected chi connectivity index (χ3v) is 2.10. The summed E-state index contributed by atoms with van der Waals surface area (Å²) in [6.45, 7) is 0. The van der Waals surface area contributed by atoms with Gasteiger partial charge in [0.25, 0.3) is 0 Å². The first-order valence-electron chi connectivity index (χ1n) is 3.59. The largest absolute Gasteiger partial charge is 0.327 e. The van der Waals surface area contributed by atoms with Gasteiger partial charge in [0.1, 0.15) is 12.1 Å². The molecule has 13 heavy (non-hydrogen) atoms. The van der Waals surface area contributed by atoms with Crippen LogP contribution >= 0.6 is 15.9 Å². The minimum absolute atomic E-state index is 0.328. The van der Waals surface area contributed by atoms with Gasteiger partial charge in [0, 0.05) is 4.47 Å². The Balaban J connectivity index is 2.53. The van der Waals surface area contributed by atoms with Gasteiger partial charge in [-0.05, 0) is 18.2 Å². The molecule has 5 heteroatoms. The number of benzene rings is 1. The second-order valence-corrected chi connectivity index (χ2v) is 3.38. The molecule has 0 saturated carbocycles. The van der Waals surface area contributed by atoms with Crippen LogP contribution in [0.2, 0.25) is 0 Å². The van der Waals surface area contributed by atoms with Crippen LogP contribution in [0.1, 0.15) is 0 Å². The van der Waals surface area contributed by atoms with Crippen molar-refractivity contribution < 1.29 is 4.39 Å². The summed E-state index contributed by atoms with van der Waals surface area (Å²) in [5.41, 5.74) is 0.417. The van der Waals surface area contributed by atoms with Gasteiger partial charge >= 0.3 is 0 Å². The van der Waals surface area contributed by atoms with E-state index in [9.17, 15) is 4.39 Å². The van der Waals surface area contributed by atoms with Crippen molar-refractivity contribution in [3.8, 4) is 11.4 Å². The van der Waals surface area contributed by atoms with Gasteiger partial charge in [0.15, 0.2) is 5.82 Å². The fourth-order valence-corrected chi connectivity index (χ4v) is 1.35. The molecule has 0 saturated heterocycles. The summed E-state index contributed by atoms with van der Waals surface area (Å²) in [6.07, 6.45) is 1.41. The summed E-state index contributed by atoms with van der Waals surface area (Å²) in [4.78, 5) is 2.74. The zero-order valence-corrected chi connectivity index (χ0v) is 8.05. The van der Waals surface area contributed by atoms with Crippen molar-refractivity contribution in [3.63, 3.8) is 0 Å². The number of halogens is 2. The van der Waals surface area contributed by atoms with E-state index in [1.165, 1.54) is 12.4 Å². The van der Waals surface area contributed by atoms with Crippen LogP contribution in [0, 0.1) is 5.82 Å². The van der Waals surface area contributed by atoms with Crippen molar-refractivity contribution in [2.75, 3.05) is 0 Å². The zero-order valence-electron chi connectivity index (χ0n) is 6.46. The van der Waals surface area contributed by atoms with Gasteiger partial charge in [0.2, 0.25) is 0 Å². The van der Waals surface area contributed by atoms with E-state index in [-0.39, 0.29) is 5.82 Å². The lowest BCUT2D eigenvalue weighted by molar-refractivity contribution is 0.629. The SMILES string of the molecule is Fc1cc(Br)ccc1-c1nnc[nH]1. The number of nitrogens with one attached hydrogen (secondary N) is 1. The maximum absolute atomic E-state index is 13.3. The Kier molecular flexibility index (Phi) is 2.10. The summed E-state index contributed by atoms with van der Waals surface area (Å²) >= 11 is 3.17. The summed E-state index contributed by atoms with van der Waals surface area (Å²) in [6, 6.07) is 4.78. The smallest absolute Gasteiger partial charge is 0.164 e. The van der Waals surface area contributed by atoms with Gasteiger partial charge in [-0.15, -0.1) is 10.2 Å². The van der Waals surface area contributed by atoms with Gasteiger partial charge < -0.3 is 4.98 Å². The molecule has 0 aliphatic rings. The van der Waals surface area contributed by atoms with Crippen LogP contribution in [0.3, 0.4) is 0 Å². The number of nitrogens with zero attached hydrogens (tertiary/aromatic N) is 2. The van der Waals surface area contributed by atoms with Crippen LogP contribution in [0.4, 0.5) is 4.39 Å². The minimum atomic E-state index is -0.328. The average Bonchev–Trinajstić information content (AvgIpc) is 2.56. The fraction of sp³-hybridized carbons (Fsp3) is 0. The Bertz CT molecular complexity index is 413. The van der Waals surface area contributed by atoms with E-state index in [2.05, 4.69) is 31.1 Å². The van der Waals surface area contributed by atoms with Crippen molar-refractivity contribution in [1.29, 1.82) is 0 Å². The summed E-state index contributed by atoms with van der Waals surface area (Å²) < 4.78 is 14.0. The molecule has 2 rings (SSSR count). The summed E-state index contributed by atoms with van der Waals surface area (Å²) in [5, 5.41) is 7.29.